The summed E-state index contributed by atoms with van der Waals surface area (Å²) >= 11 is 1.28. The van der Waals surface area contributed by atoms with Gasteiger partial charge in [0.2, 0.25) is 5.91 Å². The summed E-state index contributed by atoms with van der Waals surface area (Å²) in [4.78, 5) is 26.1. The first-order chi connectivity index (χ1) is 14.7. The molecule has 0 spiro atoms. The molecule has 9 heteroatoms. The van der Waals surface area contributed by atoms with Crippen LogP contribution in [0.4, 0.5) is 4.79 Å². The zero-order valence-corrected chi connectivity index (χ0v) is 17.9. The predicted octanol–water partition coefficient (Wildman–Crippen LogP) is 2.42. The van der Waals surface area contributed by atoms with Crippen molar-refractivity contribution in [3.05, 3.63) is 54.4 Å². The van der Waals surface area contributed by atoms with Crippen LogP contribution in [0.15, 0.2) is 48.1 Å². The standard InChI is InChI=1S/C21H28N6O2S/c1-2-11-22-20(29)23-19(28)16-30-21-25-24-18(15-26-12-7-4-8-13-26)27(21)14-17-9-5-3-6-10-17/h2-3,5-6,9-10H,1,4,7-8,11-16H2,(H2,22,23,28,29). The third-order valence-corrected chi connectivity index (χ3v) is 5.75. The number of amides is 3. The minimum Gasteiger partial charge on any atom is -0.334 e. The number of urea groups is 1. The molecule has 0 bridgehead atoms. The average molecular weight is 429 g/mol. The molecule has 3 rings (SSSR count). The van der Waals surface area contributed by atoms with Crippen molar-refractivity contribution in [1.82, 2.24) is 30.3 Å². The molecule has 1 aromatic carbocycles. The van der Waals surface area contributed by atoms with Gasteiger partial charge in [-0.1, -0.05) is 54.6 Å². The first-order valence-electron chi connectivity index (χ1n) is 10.2. The molecule has 2 aromatic rings. The molecule has 3 amide bonds. The Morgan fingerprint density at radius 3 is 2.60 bits per heavy atom. The maximum Gasteiger partial charge on any atom is 0.321 e. The Kier molecular flexibility index (Phi) is 8.46. The van der Waals surface area contributed by atoms with E-state index in [0.29, 0.717) is 18.2 Å². The van der Waals surface area contributed by atoms with Crippen LogP contribution in [-0.4, -0.2) is 57.0 Å². The average Bonchev–Trinajstić information content (AvgIpc) is 3.13. The molecule has 1 fully saturated rings. The first kappa shape index (κ1) is 22.0. The number of rotatable bonds is 9. The normalized spacial score (nSPS) is 14.3. The fourth-order valence-corrected chi connectivity index (χ4v) is 4.04. The molecule has 0 unspecified atom stereocenters. The zero-order valence-electron chi connectivity index (χ0n) is 17.0. The number of thioether (sulfide) groups is 1. The van der Waals surface area contributed by atoms with Crippen molar-refractivity contribution in [2.75, 3.05) is 25.4 Å². The van der Waals surface area contributed by atoms with Gasteiger partial charge in [-0.15, -0.1) is 16.8 Å². The van der Waals surface area contributed by atoms with E-state index in [-0.39, 0.29) is 11.7 Å². The van der Waals surface area contributed by atoms with Gasteiger partial charge in [-0.05, 0) is 31.5 Å². The van der Waals surface area contributed by atoms with E-state index in [1.807, 2.05) is 18.2 Å². The lowest BCUT2D eigenvalue weighted by Gasteiger charge is -2.26. The summed E-state index contributed by atoms with van der Waals surface area (Å²) in [6.07, 6.45) is 5.25. The maximum absolute atomic E-state index is 12.1. The van der Waals surface area contributed by atoms with Gasteiger partial charge < -0.3 is 9.88 Å². The van der Waals surface area contributed by atoms with Crippen LogP contribution in [0.5, 0.6) is 0 Å². The Morgan fingerprint density at radius 1 is 1.10 bits per heavy atom. The monoisotopic (exact) mass is 428 g/mol. The van der Waals surface area contributed by atoms with Gasteiger partial charge >= 0.3 is 6.03 Å². The van der Waals surface area contributed by atoms with E-state index in [2.05, 4.69) is 49.0 Å². The van der Waals surface area contributed by atoms with E-state index in [1.54, 1.807) is 6.08 Å². The van der Waals surface area contributed by atoms with Crippen LogP contribution in [0.1, 0.15) is 30.7 Å². The van der Waals surface area contributed by atoms with Crippen LogP contribution >= 0.6 is 11.8 Å². The van der Waals surface area contributed by atoms with Crippen LogP contribution in [0, 0.1) is 0 Å². The summed E-state index contributed by atoms with van der Waals surface area (Å²) in [6, 6.07) is 9.60. The molecule has 0 aliphatic carbocycles. The van der Waals surface area contributed by atoms with Crippen molar-refractivity contribution in [2.45, 2.75) is 37.5 Å². The second-order valence-corrected chi connectivity index (χ2v) is 8.09. The minimum absolute atomic E-state index is 0.0815. The largest absolute Gasteiger partial charge is 0.334 e. The Morgan fingerprint density at radius 2 is 1.87 bits per heavy atom. The lowest BCUT2D eigenvalue weighted by Crippen LogP contribution is -2.40. The van der Waals surface area contributed by atoms with Crippen LogP contribution < -0.4 is 10.6 Å². The zero-order chi connectivity index (χ0) is 21.2. The molecule has 2 heterocycles. The molecule has 2 N–H and O–H groups in total. The van der Waals surface area contributed by atoms with E-state index in [1.165, 1.54) is 31.0 Å². The number of piperidine rings is 1. The Hall–Kier alpha value is -2.65. The van der Waals surface area contributed by atoms with Gasteiger partial charge in [0, 0.05) is 6.54 Å². The topological polar surface area (TPSA) is 92.2 Å². The SMILES string of the molecule is C=CCNC(=O)NC(=O)CSc1nnc(CN2CCCCC2)n1Cc1ccccc1. The van der Waals surface area contributed by atoms with Gasteiger partial charge in [0.25, 0.3) is 0 Å². The van der Waals surface area contributed by atoms with Gasteiger partial charge in [-0.3, -0.25) is 15.0 Å². The van der Waals surface area contributed by atoms with Gasteiger partial charge in [0.1, 0.15) is 5.82 Å². The molecule has 0 saturated carbocycles. The number of imide groups is 1. The van der Waals surface area contributed by atoms with Crippen molar-refractivity contribution >= 4 is 23.7 Å². The second-order valence-electron chi connectivity index (χ2n) is 7.14. The van der Waals surface area contributed by atoms with E-state index in [4.69, 9.17) is 0 Å². The summed E-state index contributed by atoms with van der Waals surface area (Å²) in [5, 5.41) is 14.2. The Labute approximate surface area is 181 Å². The van der Waals surface area contributed by atoms with Crippen molar-refractivity contribution in [3.8, 4) is 0 Å². The summed E-state index contributed by atoms with van der Waals surface area (Å²) in [6.45, 7) is 7.36. The van der Waals surface area contributed by atoms with Crippen molar-refractivity contribution < 1.29 is 9.59 Å². The highest BCUT2D eigenvalue weighted by atomic mass is 32.2. The third kappa shape index (κ3) is 6.70. The van der Waals surface area contributed by atoms with Gasteiger partial charge in [0.05, 0.1) is 18.8 Å². The molecule has 160 valence electrons. The van der Waals surface area contributed by atoms with Crippen LogP contribution in [0.3, 0.4) is 0 Å². The number of hydrogen-bond donors (Lipinski definition) is 2. The quantitative estimate of drug-likeness (QED) is 0.471. The van der Waals surface area contributed by atoms with Crippen molar-refractivity contribution in [3.63, 3.8) is 0 Å². The van der Waals surface area contributed by atoms with E-state index in [9.17, 15) is 9.59 Å². The molecule has 1 aliphatic heterocycles. The third-order valence-electron chi connectivity index (χ3n) is 4.78. The highest BCUT2D eigenvalue weighted by Crippen LogP contribution is 2.20. The molecule has 0 atom stereocenters. The minimum atomic E-state index is -0.531. The Balaban J connectivity index is 1.67. The van der Waals surface area contributed by atoms with Gasteiger partial charge in [0.15, 0.2) is 5.16 Å². The van der Waals surface area contributed by atoms with E-state index in [0.717, 1.165) is 31.0 Å². The number of carbonyl (C=O) groups is 2. The molecule has 1 aliphatic rings. The number of likely N-dealkylation sites (tertiary alicyclic amines) is 1. The molecular weight excluding hydrogens is 400 g/mol. The fourth-order valence-electron chi connectivity index (χ4n) is 3.29. The van der Waals surface area contributed by atoms with E-state index < -0.39 is 6.03 Å². The molecule has 8 nitrogen and oxygen atoms in total. The van der Waals surface area contributed by atoms with Gasteiger partial charge in [-0.2, -0.15) is 0 Å². The highest BCUT2D eigenvalue weighted by Gasteiger charge is 2.19. The Bertz CT molecular complexity index is 848. The summed E-state index contributed by atoms with van der Waals surface area (Å²) in [7, 11) is 0. The second kappa shape index (κ2) is 11.5. The lowest BCUT2D eigenvalue weighted by atomic mass is 10.1. The van der Waals surface area contributed by atoms with Crippen LogP contribution in [0.2, 0.25) is 0 Å². The number of benzene rings is 1. The molecular formula is C21H28N6O2S. The summed E-state index contributed by atoms with van der Waals surface area (Å²) in [5.74, 6) is 0.596. The smallest absolute Gasteiger partial charge is 0.321 e. The molecule has 30 heavy (non-hydrogen) atoms. The van der Waals surface area contributed by atoms with Crippen LogP contribution in [0.25, 0.3) is 0 Å². The van der Waals surface area contributed by atoms with E-state index >= 15 is 0 Å². The molecule has 1 aromatic heterocycles. The van der Waals surface area contributed by atoms with Crippen molar-refractivity contribution in [2.24, 2.45) is 0 Å². The summed E-state index contributed by atoms with van der Waals surface area (Å²) < 4.78 is 2.07. The number of carbonyl (C=O) groups excluding carboxylic acids is 2. The fraction of sp³-hybridized carbons (Fsp3) is 0.429. The molecule has 0 radical (unpaired) electrons. The number of hydrogen-bond acceptors (Lipinski definition) is 6. The van der Waals surface area contributed by atoms with Crippen LogP contribution in [-0.2, 0) is 17.9 Å². The lowest BCUT2D eigenvalue weighted by molar-refractivity contribution is -0.117. The van der Waals surface area contributed by atoms with Crippen molar-refractivity contribution in [1.29, 1.82) is 0 Å². The number of aromatic nitrogens is 3. The predicted molar refractivity (Wildman–Crippen MR) is 117 cm³/mol. The highest BCUT2D eigenvalue weighted by molar-refractivity contribution is 7.99. The number of nitrogens with one attached hydrogen (secondary N) is 2. The number of nitrogens with zero attached hydrogens (tertiary/aromatic N) is 4. The summed E-state index contributed by atoms with van der Waals surface area (Å²) in [5.41, 5.74) is 1.15. The van der Waals surface area contributed by atoms with Gasteiger partial charge in [-0.25, -0.2) is 4.79 Å². The maximum atomic E-state index is 12.1. The molecule has 1 saturated heterocycles. The first-order valence-corrected chi connectivity index (χ1v) is 11.1.